The maximum Gasteiger partial charge on any atom is 0.359 e. The lowest BCUT2D eigenvalue weighted by atomic mass is 10.0. The predicted octanol–water partition coefficient (Wildman–Crippen LogP) is 3.19. The van der Waals surface area contributed by atoms with Crippen LogP contribution in [0, 0.1) is 0 Å². The number of fused-ring (bicyclic) bond motifs is 3. The number of hydrogen-bond acceptors (Lipinski definition) is 5. The van der Waals surface area contributed by atoms with Gasteiger partial charge in [-0.1, -0.05) is 30.3 Å². The summed E-state index contributed by atoms with van der Waals surface area (Å²) in [6.45, 7) is 0. The second-order valence-electron chi connectivity index (χ2n) is 4.44. The highest BCUT2D eigenvalue weighted by Crippen LogP contribution is 2.42. The van der Waals surface area contributed by atoms with E-state index in [1.54, 1.807) is 11.4 Å². The van der Waals surface area contributed by atoms with Gasteiger partial charge in [0.1, 0.15) is 0 Å². The number of aliphatic hydroxyl groups is 1. The molecule has 1 heterocycles. The standard InChI is InChI=1S/C15H13NO3S/c1-16-12(15(18)19-2)13(17)11-8-7-9-5-3-4-6-10(9)14(11)20-16/h3-8,17H,1-2H3. The number of benzene rings is 2. The van der Waals surface area contributed by atoms with E-state index in [1.165, 1.54) is 19.1 Å². The Labute approximate surface area is 120 Å². The zero-order valence-corrected chi connectivity index (χ0v) is 11.9. The van der Waals surface area contributed by atoms with Crippen LogP contribution in [0.4, 0.5) is 0 Å². The van der Waals surface area contributed by atoms with Crippen molar-refractivity contribution in [1.82, 2.24) is 4.31 Å². The Morgan fingerprint density at radius 3 is 2.75 bits per heavy atom. The average molecular weight is 287 g/mol. The van der Waals surface area contributed by atoms with E-state index in [4.69, 9.17) is 4.74 Å². The second kappa shape index (κ2) is 4.76. The van der Waals surface area contributed by atoms with Crippen LogP contribution in [0.3, 0.4) is 0 Å². The first-order valence-electron chi connectivity index (χ1n) is 6.09. The van der Waals surface area contributed by atoms with E-state index in [-0.39, 0.29) is 11.5 Å². The van der Waals surface area contributed by atoms with Gasteiger partial charge < -0.3 is 14.1 Å². The van der Waals surface area contributed by atoms with Crippen LogP contribution in [0.2, 0.25) is 0 Å². The summed E-state index contributed by atoms with van der Waals surface area (Å²) in [6.07, 6.45) is 0. The molecule has 2 aromatic rings. The fraction of sp³-hybridized carbons (Fsp3) is 0.133. The molecule has 0 saturated carbocycles. The number of aliphatic hydroxyl groups excluding tert-OH is 1. The van der Waals surface area contributed by atoms with Crippen molar-refractivity contribution in [3.05, 3.63) is 47.7 Å². The van der Waals surface area contributed by atoms with Crippen LogP contribution < -0.4 is 0 Å². The minimum Gasteiger partial charge on any atom is -0.505 e. The summed E-state index contributed by atoms with van der Waals surface area (Å²) < 4.78 is 6.36. The highest BCUT2D eigenvalue weighted by atomic mass is 32.2. The largest absolute Gasteiger partial charge is 0.505 e. The van der Waals surface area contributed by atoms with Crippen LogP contribution in [0.15, 0.2) is 47.0 Å². The number of rotatable bonds is 1. The third kappa shape index (κ3) is 1.82. The molecule has 0 aliphatic carbocycles. The van der Waals surface area contributed by atoms with Crippen LogP contribution in [0.1, 0.15) is 5.56 Å². The van der Waals surface area contributed by atoms with Crippen LogP contribution in [0.25, 0.3) is 16.5 Å². The lowest BCUT2D eigenvalue weighted by Crippen LogP contribution is -2.23. The number of nitrogens with zero attached hydrogens (tertiary/aromatic N) is 1. The number of likely N-dealkylation sites (N-methyl/N-ethyl adjacent to an activating group) is 1. The predicted molar refractivity (Wildman–Crippen MR) is 79.1 cm³/mol. The highest BCUT2D eigenvalue weighted by molar-refractivity contribution is 7.97. The van der Waals surface area contributed by atoms with Gasteiger partial charge in [-0.2, -0.15) is 0 Å². The van der Waals surface area contributed by atoms with E-state index < -0.39 is 5.97 Å². The summed E-state index contributed by atoms with van der Waals surface area (Å²) in [5.41, 5.74) is 0.826. The van der Waals surface area contributed by atoms with Crippen LogP contribution in [-0.4, -0.2) is 29.5 Å². The Bertz CT molecular complexity index is 739. The van der Waals surface area contributed by atoms with E-state index >= 15 is 0 Å². The van der Waals surface area contributed by atoms with E-state index in [9.17, 15) is 9.90 Å². The molecule has 20 heavy (non-hydrogen) atoms. The summed E-state index contributed by atoms with van der Waals surface area (Å²) >= 11 is 1.41. The molecule has 0 bridgehead atoms. The van der Waals surface area contributed by atoms with Crippen molar-refractivity contribution < 1.29 is 14.6 Å². The molecule has 1 aliphatic rings. The van der Waals surface area contributed by atoms with E-state index in [1.807, 2.05) is 36.4 Å². The van der Waals surface area contributed by atoms with Gasteiger partial charge in [0.25, 0.3) is 0 Å². The zero-order valence-electron chi connectivity index (χ0n) is 11.1. The van der Waals surface area contributed by atoms with Crippen molar-refractivity contribution in [3.63, 3.8) is 0 Å². The number of hydrogen-bond donors (Lipinski definition) is 1. The molecule has 0 radical (unpaired) electrons. The van der Waals surface area contributed by atoms with E-state index in [2.05, 4.69) is 0 Å². The maximum absolute atomic E-state index is 11.8. The van der Waals surface area contributed by atoms with Crippen LogP contribution >= 0.6 is 11.9 Å². The summed E-state index contributed by atoms with van der Waals surface area (Å²) in [6, 6.07) is 11.7. The van der Waals surface area contributed by atoms with Crippen molar-refractivity contribution in [2.75, 3.05) is 14.2 Å². The molecule has 2 aromatic carbocycles. The molecule has 0 fully saturated rings. The molecule has 0 saturated heterocycles. The Morgan fingerprint density at radius 2 is 2.00 bits per heavy atom. The molecule has 0 unspecified atom stereocenters. The van der Waals surface area contributed by atoms with Crippen molar-refractivity contribution >= 4 is 34.4 Å². The van der Waals surface area contributed by atoms with Gasteiger partial charge in [0.2, 0.25) is 0 Å². The fourth-order valence-electron chi connectivity index (χ4n) is 2.31. The van der Waals surface area contributed by atoms with Crippen molar-refractivity contribution in [3.8, 4) is 0 Å². The first-order valence-corrected chi connectivity index (χ1v) is 6.86. The van der Waals surface area contributed by atoms with Crippen LogP contribution in [0.5, 0.6) is 0 Å². The smallest absolute Gasteiger partial charge is 0.359 e. The van der Waals surface area contributed by atoms with Gasteiger partial charge in [-0.15, -0.1) is 0 Å². The lowest BCUT2D eigenvalue weighted by Gasteiger charge is -2.27. The van der Waals surface area contributed by atoms with Gasteiger partial charge in [-0.25, -0.2) is 4.79 Å². The molecular weight excluding hydrogens is 274 g/mol. The van der Waals surface area contributed by atoms with Crippen molar-refractivity contribution in [1.29, 1.82) is 0 Å². The normalized spacial score (nSPS) is 14.4. The third-order valence-corrected chi connectivity index (χ3v) is 4.36. The van der Waals surface area contributed by atoms with Crippen LogP contribution in [-0.2, 0) is 9.53 Å². The average Bonchev–Trinajstić information content (AvgIpc) is 2.46. The quantitative estimate of drug-likeness (QED) is 0.645. The maximum atomic E-state index is 11.8. The van der Waals surface area contributed by atoms with Gasteiger partial charge in [0.15, 0.2) is 11.5 Å². The first-order chi connectivity index (χ1) is 9.63. The SMILES string of the molecule is COC(=O)C1=C(O)c2ccc3ccccc3c2SN1C. The van der Waals surface area contributed by atoms with Gasteiger partial charge in [-0.05, 0) is 28.8 Å². The second-order valence-corrected chi connectivity index (χ2v) is 5.58. The molecule has 1 N–H and O–H groups in total. The molecular formula is C15H13NO3S. The van der Waals surface area contributed by atoms with E-state index in [0.29, 0.717) is 5.56 Å². The Kier molecular flexibility index (Phi) is 3.06. The molecule has 0 amide bonds. The minimum atomic E-state index is -0.545. The number of carbonyl (C=O) groups is 1. The van der Waals surface area contributed by atoms with Gasteiger partial charge in [0, 0.05) is 17.5 Å². The molecule has 5 heteroatoms. The number of carbonyl (C=O) groups excluding carboxylic acids is 1. The topological polar surface area (TPSA) is 49.8 Å². The summed E-state index contributed by atoms with van der Waals surface area (Å²) in [5, 5.41) is 12.5. The van der Waals surface area contributed by atoms with Gasteiger partial charge in [-0.3, -0.25) is 0 Å². The number of methoxy groups -OCH3 is 1. The molecule has 3 rings (SSSR count). The molecule has 102 valence electrons. The molecule has 1 aliphatic heterocycles. The first kappa shape index (κ1) is 12.9. The highest BCUT2D eigenvalue weighted by Gasteiger charge is 2.30. The Balaban J connectivity index is 2.28. The third-order valence-electron chi connectivity index (χ3n) is 3.28. The molecule has 0 aromatic heterocycles. The number of esters is 1. The van der Waals surface area contributed by atoms with Crippen molar-refractivity contribution in [2.24, 2.45) is 0 Å². The van der Waals surface area contributed by atoms with Gasteiger partial charge in [0.05, 0.1) is 7.11 Å². The lowest BCUT2D eigenvalue weighted by molar-refractivity contribution is -0.137. The monoisotopic (exact) mass is 287 g/mol. The molecule has 0 spiro atoms. The number of ether oxygens (including phenoxy) is 1. The zero-order chi connectivity index (χ0) is 14.3. The fourth-order valence-corrected chi connectivity index (χ4v) is 3.38. The summed E-state index contributed by atoms with van der Waals surface area (Å²) in [5.74, 6) is -0.588. The Hall–Kier alpha value is -2.14. The Morgan fingerprint density at radius 1 is 1.25 bits per heavy atom. The molecule has 4 nitrogen and oxygen atoms in total. The van der Waals surface area contributed by atoms with Crippen molar-refractivity contribution in [2.45, 2.75) is 4.90 Å². The summed E-state index contributed by atoms with van der Waals surface area (Å²) in [7, 11) is 3.04. The van der Waals surface area contributed by atoms with Gasteiger partial charge >= 0.3 is 5.97 Å². The summed E-state index contributed by atoms with van der Waals surface area (Å²) in [4.78, 5) is 12.7. The molecule has 0 atom stereocenters. The minimum absolute atomic E-state index is 0.0427. The van der Waals surface area contributed by atoms with E-state index in [0.717, 1.165) is 15.7 Å².